The van der Waals surface area contributed by atoms with Gasteiger partial charge < -0.3 is 8.83 Å². The van der Waals surface area contributed by atoms with E-state index >= 15 is 0 Å². The van der Waals surface area contributed by atoms with E-state index in [1.807, 2.05) is 12.1 Å². The van der Waals surface area contributed by atoms with E-state index in [1.54, 1.807) is 45.3 Å². The molecule has 0 saturated heterocycles. The zero-order valence-corrected chi connectivity index (χ0v) is 18.8. The third-order valence-electron chi connectivity index (χ3n) is 4.77. The van der Waals surface area contributed by atoms with Crippen LogP contribution in [0.2, 0.25) is 0 Å². The van der Waals surface area contributed by atoms with E-state index < -0.39 is 0 Å². The largest absolute Gasteiger partial charge is 0.451 e. The summed E-state index contributed by atoms with van der Waals surface area (Å²) >= 11 is 6.78. The first kappa shape index (κ1) is 18.2. The lowest BCUT2D eigenvalue weighted by molar-refractivity contribution is 0.541. The average molecular weight is 463 g/mol. The summed E-state index contributed by atoms with van der Waals surface area (Å²) < 4.78 is 12.9. The van der Waals surface area contributed by atoms with E-state index in [4.69, 9.17) is 8.83 Å². The van der Waals surface area contributed by atoms with Gasteiger partial charge in [-0.15, -0.1) is 45.3 Å². The third-order valence-corrected chi connectivity index (χ3v) is 8.35. The van der Waals surface area contributed by atoms with E-state index in [2.05, 4.69) is 70.1 Å². The lowest BCUT2D eigenvalue weighted by atomic mass is 10.1. The van der Waals surface area contributed by atoms with Gasteiger partial charge in [-0.2, -0.15) is 0 Å². The minimum absolute atomic E-state index is 0.784. The van der Waals surface area contributed by atoms with Crippen molar-refractivity contribution in [3.63, 3.8) is 0 Å². The molecular weight excluding hydrogens is 449 g/mol. The molecule has 0 atom stereocenters. The van der Waals surface area contributed by atoms with Gasteiger partial charge in [-0.05, 0) is 57.9 Å². The van der Waals surface area contributed by atoms with Gasteiger partial charge >= 0.3 is 0 Å². The van der Waals surface area contributed by atoms with Crippen LogP contribution in [0.15, 0.2) is 91.0 Å². The fourth-order valence-electron chi connectivity index (χ4n) is 3.43. The van der Waals surface area contributed by atoms with E-state index in [0.29, 0.717) is 0 Å². The van der Waals surface area contributed by atoms with Crippen molar-refractivity contribution in [3.05, 3.63) is 82.2 Å². The summed E-state index contributed by atoms with van der Waals surface area (Å²) in [6, 6.07) is 20.9. The van der Waals surface area contributed by atoms with E-state index in [1.165, 1.54) is 9.75 Å². The van der Waals surface area contributed by atoms with Crippen molar-refractivity contribution in [2.75, 3.05) is 0 Å². The van der Waals surface area contributed by atoms with Gasteiger partial charge in [-0.25, -0.2) is 0 Å². The summed E-state index contributed by atoms with van der Waals surface area (Å²) in [4.78, 5) is 4.56. The Bertz CT molecular complexity index is 1260. The Morgan fingerprint density at radius 2 is 0.833 bits per heavy atom. The van der Waals surface area contributed by atoms with Gasteiger partial charge in [0.05, 0.1) is 9.75 Å². The minimum atomic E-state index is 0.784. The predicted octanol–water partition coefficient (Wildman–Crippen LogP) is 9.45. The smallest absolute Gasteiger partial charge is 0.179 e. The lowest BCUT2D eigenvalue weighted by Crippen LogP contribution is -1.77. The third kappa shape index (κ3) is 3.13. The SMILES string of the molecule is c1csc(-c2cc(-c3cccs3)c(-c3oc(-c4cccs4)cc3-c3cccs3)o2)c1. The van der Waals surface area contributed by atoms with Gasteiger partial charge in [-0.1, -0.05) is 24.3 Å². The molecule has 6 aromatic heterocycles. The first-order chi connectivity index (χ1) is 14.9. The van der Waals surface area contributed by atoms with Crippen molar-refractivity contribution in [1.82, 2.24) is 0 Å². The molecule has 30 heavy (non-hydrogen) atoms. The molecule has 2 nitrogen and oxygen atoms in total. The molecule has 146 valence electrons. The Balaban J connectivity index is 1.60. The van der Waals surface area contributed by atoms with Crippen LogP contribution >= 0.6 is 45.3 Å². The molecule has 0 bridgehead atoms. The van der Waals surface area contributed by atoms with Gasteiger partial charge in [0.15, 0.2) is 11.5 Å². The molecule has 0 fully saturated rings. The number of hydrogen-bond acceptors (Lipinski definition) is 6. The van der Waals surface area contributed by atoms with Gasteiger partial charge in [0, 0.05) is 20.9 Å². The molecule has 0 aromatic carbocycles. The monoisotopic (exact) mass is 462 g/mol. The summed E-state index contributed by atoms with van der Waals surface area (Å²) in [7, 11) is 0. The Morgan fingerprint density at radius 1 is 0.467 bits per heavy atom. The Kier molecular flexibility index (Phi) is 4.57. The van der Waals surface area contributed by atoms with E-state index in [-0.39, 0.29) is 0 Å². The molecule has 0 aliphatic rings. The standard InChI is InChI=1S/C24H14O2S4/c1-5-19(27-9-1)15-13-17(21-7-3-11-29-21)25-23(15)24-16(20-6-2-10-28-20)14-18(26-24)22-8-4-12-30-22/h1-14H. The molecule has 0 unspecified atom stereocenters. The van der Waals surface area contributed by atoms with Gasteiger partial charge in [-0.3, -0.25) is 0 Å². The van der Waals surface area contributed by atoms with Crippen molar-refractivity contribution in [2.45, 2.75) is 0 Å². The van der Waals surface area contributed by atoms with Crippen LogP contribution < -0.4 is 0 Å². The maximum atomic E-state index is 6.47. The summed E-state index contributed by atoms with van der Waals surface area (Å²) in [5.74, 6) is 3.31. The summed E-state index contributed by atoms with van der Waals surface area (Å²) in [5, 5.41) is 8.33. The van der Waals surface area contributed by atoms with Crippen LogP contribution in [0.3, 0.4) is 0 Å². The normalized spacial score (nSPS) is 11.3. The van der Waals surface area contributed by atoms with Crippen LogP contribution in [-0.4, -0.2) is 0 Å². The Morgan fingerprint density at radius 3 is 1.17 bits per heavy atom. The summed E-state index contributed by atoms with van der Waals surface area (Å²) in [6.45, 7) is 0. The Labute approximate surface area is 189 Å². The molecule has 0 spiro atoms. The van der Waals surface area contributed by atoms with E-state index in [0.717, 1.165) is 43.9 Å². The molecular formula is C24H14O2S4. The molecule has 0 saturated carbocycles. The van der Waals surface area contributed by atoms with E-state index in [9.17, 15) is 0 Å². The molecule has 0 aliphatic carbocycles. The highest BCUT2D eigenvalue weighted by atomic mass is 32.1. The van der Waals surface area contributed by atoms with Crippen LogP contribution in [-0.2, 0) is 0 Å². The molecule has 0 radical (unpaired) electrons. The van der Waals surface area contributed by atoms with Crippen LogP contribution in [0.5, 0.6) is 0 Å². The topological polar surface area (TPSA) is 26.3 Å². The molecule has 0 aliphatic heterocycles. The Hall–Kier alpha value is -2.64. The minimum Gasteiger partial charge on any atom is -0.451 e. The van der Waals surface area contributed by atoms with Crippen LogP contribution in [0.1, 0.15) is 0 Å². The van der Waals surface area contributed by atoms with Crippen molar-refractivity contribution < 1.29 is 8.83 Å². The lowest BCUT2D eigenvalue weighted by Gasteiger charge is -2.01. The average Bonchev–Trinajstić information content (AvgIpc) is 3.62. The maximum absolute atomic E-state index is 6.47. The highest BCUT2D eigenvalue weighted by molar-refractivity contribution is 7.14. The maximum Gasteiger partial charge on any atom is 0.179 e. The van der Waals surface area contributed by atoms with Gasteiger partial charge in [0.25, 0.3) is 0 Å². The van der Waals surface area contributed by atoms with Crippen molar-refractivity contribution in [2.24, 2.45) is 0 Å². The van der Waals surface area contributed by atoms with Gasteiger partial charge in [0.2, 0.25) is 0 Å². The second-order valence-corrected chi connectivity index (χ2v) is 10.4. The fraction of sp³-hybridized carbons (Fsp3) is 0. The highest BCUT2D eigenvalue weighted by Crippen LogP contribution is 2.47. The summed E-state index contributed by atoms with van der Waals surface area (Å²) in [5.41, 5.74) is 2.14. The molecule has 6 aromatic rings. The fourth-order valence-corrected chi connectivity index (χ4v) is 6.26. The molecule has 0 amide bonds. The highest BCUT2D eigenvalue weighted by Gasteiger charge is 2.25. The zero-order chi connectivity index (χ0) is 19.9. The quantitative estimate of drug-likeness (QED) is 0.255. The number of hydrogen-bond donors (Lipinski definition) is 0. The first-order valence-corrected chi connectivity index (χ1v) is 12.8. The second-order valence-electron chi connectivity index (χ2n) is 6.62. The predicted molar refractivity (Wildman–Crippen MR) is 130 cm³/mol. The molecule has 6 heterocycles. The first-order valence-electron chi connectivity index (χ1n) is 9.30. The second kappa shape index (κ2) is 7.56. The van der Waals surface area contributed by atoms with Crippen molar-refractivity contribution >= 4 is 45.3 Å². The molecule has 6 rings (SSSR count). The van der Waals surface area contributed by atoms with Gasteiger partial charge in [0.1, 0.15) is 11.5 Å². The van der Waals surface area contributed by atoms with Crippen LogP contribution in [0.25, 0.3) is 53.7 Å². The van der Waals surface area contributed by atoms with Crippen LogP contribution in [0.4, 0.5) is 0 Å². The number of thiophene rings is 4. The molecule has 6 heteroatoms. The zero-order valence-electron chi connectivity index (χ0n) is 15.5. The molecule has 0 N–H and O–H groups in total. The summed E-state index contributed by atoms with van der Waals surface area (Å²) in [6.07, 6.45) is 0. The number of furan rings is 2. The van der Waals surface area contributed by atoms with Crippen molar-refractivity contribution in [1.29, 1.82) is 0 Å². The number of rotatable bonds is 5. The van der Waals surface area contributed by atoms with Crippen LogP contribution in [0, 0.1) is 0 Å². The van der Waals surface area contributed by atoms with Crippen molar-refractivity contribution in [3.8, 4) is 53.7 Å².